The molecule has 1 rings (SSSR count). The number of rotatable bonds is 5. The summed E-state index contributed by atoms with van der Waals surface area (Å²) in [7, 11) is -0.840. The molecule has 1 aromatic rings. The minimum absolute atomic E-state index is 0.0529. The van der Waals surface area contributed by atoms with Gasteiger partial charge in [-0.05, 0) is 6.42 Å². The van der Waals surface area contributed by atoms with Crippen LogP contribution in [0.2, 0.25) is 0 Å². The number of carbonyl (C=O) groups excluding carboxylic acids is 1. The van der Waals surface area contributed by atoms with Crippen LogP contribution in [-0.2, 0) is 16.6 Å². The zero-order chi connectivity index (χ0) is 12.3. The number of nitrogens with zero attached hydrogens (tertiary/aromatic N) is 3. The average Bonchev–Trinajstić information content (AvgIpc) is 2.61. The van der Waals surface area contributed by atoms with E-state index in [0.29, 0.717) is 18.5 Å². The minimum atomic E-state index is -3.67. The molecule has 1 heterocycles. The molecule has 0 unspecified atom stereocenters. The second kappa shape index (κ2) is 4.75. The van der Waals surface area contributed by atoms with Crippen LogP contribution in [0.4, 0.5) is 0 Å². The number of aromatic nitrogens is 2. The maximum absolute atomic E-state index is 12.0. The first-order valence-corrected chi connectivity index (χ1v) is 6.29. The molecule has 16 heavy (non-hydrogen) atoms. The molecule has 90 valence electrons. The normalized spacial score (nSPS) is 12.0. The van der Waals surface area contributed by atoms with Crippen molar-refractivity contribution in [3.8, 4) is 0 Å². The predicted octanol–water partition coefficient (Wildman–Crippen LogP) is 0.303. The van der Waals surface area contributed by atoms with E-state index in [4.69, 9.17) is 0 Å². The fraction of sp³-hybridized carbons (Fsp3) is 0.556. The van der Waals surface area contributed by atoms with Gasteiger partial charge in [0.15, 0.2) is 6.29 Å². The van der Waals surface area contributed by atoms with Crippen LogP contribution in [0, 0.1) is 0 Å². The van der Waals surface area contributed by atoms with Crippen LogP contribution < -0.4 is 0 Å². The van der Waals surface area contributed by atoms with Crippen molar-refractivity contribution in [1.82, 2.24) is 13.3 Å². The summed E-state index contributed by atoms with van der Waals surface area (Å²) in [5.74, 6) is 0.387. The van der Waals surface area contributed by atoms with Gasteiger partial charge in [0, 0.05) is 20.5 Å². The summed E-state index contributed by atoms with van der Waals surface area (Å²) in [5.41, 5.74) is 0.0529. The van der Waals surface area contributed by atoms with E-state index in [1.807, 2.05) is 6.92 Å². The van der Waals surface area contributed by atoms with Crippen molar-refractivity contribution in [3.63, 3.8) is 0 Å². The summed E-state index contributed by atoms with van der Waals surface area (Å²) in [6.07, 6.45) is 3.05. The third-order valence-electron chi connectivity index (χ3n) is 2.10. The Kier molecular flexibility index (Phi) is 3.82. The van der Waals surface area contributed by atoms with Gasteiger partial charge < -0.3 is 0 Å². The smallest absolute Gasteiger partial charge is 0.296 e. The van der Waals surface area contributed by atoms with Crippen molar-refractivity contribution >= 4 is 16.5 Å². The van der Waals surface area contributed by atoms with Crippen LogP contribution in [0.5, 0.6) is 0 Å². The Morgan fingerprint density at radius 2 is 2.12 bits per heavy atom. The van der Waals surface area contributed by atoms with Crippen LogP contribution in [0.1, 0.15) is 29.7 Å². The van der Waals surface area contributed by atoms with Crippen LogP contribution in [0.25, 0.3) is 0 Å². The maximum atomic E-state index is 12.0. The Morgan fingerprint density at radius 3 is 2.56 bits per heavy atom. The molecule has 0 atom stereocenters. The van der Waals surface area contributed by atoms with E-state index in [1.165, 1.54) is 20.3 Å². The van der Waals surface area contributed by atoms with E-state index >= 15 is 0 Å². The quantitative estimate of drug-likeness (QED) is 0.699. The van der Waals surface area contributed by atoms with Crippen molar-refractivity contribution < 1.29 is 13.2 Å². The SMILES string of the molecule is CCCc1ncc(C=O)n1S(=O)(=O)N(C)C. The first kappa shape index (κ1) is 12.9. The van der Waals surface area contributed by atoms with Gasteiger partial charge in [0.1, 0.15) is 11.5 Å². The van der Waals surface area contributed by atoms with E-state index in [1.54, 1.807) is 0 Å². The van der Waals surface area contributed by atoms with E-state index in [0.717, 1.165) is 14.7 Å². The molecule has 0 aliphatic carbocycles. The third kappa shape index (κ3) is 2.14. The van der Waals surface area contributed by atoms with Gasteiger partial charge in [0.05, 0.1) is 6.20 Å². The van der Waals surface area contributed by atoms with Crippen molar-refractivity contribution in [2.75, 3.05) is 14.1 Å². The van der Waals surface area contributed by atoms with E-state index in [2.05, 4.69) is 4.98 Å². The highest BCUT2D eigenvalue weighted by atomic mass is 32.2. The van der Waals surface area contributed by atoms with Crippen molar-refractivity contribution in [2.24, 2.45) is 0 Å². The Bertz CT molecular complexity index is 476. The largest absolute Gasteiger partial charge is 0.309 e. The lowest BCUT2D eigenvalue weighted by Gasteiger charge is -2.15. The molecule has 0 saturated carbocycles. The van der Waals surface area contributed by atoms with Gasteiger partial charge in [0.25, 0.3) is 0 Å². The number of aryl methyl sites for hydroxylation is 1. The Hall–Kier alpha value is -1.21. The van der Waals surface area contributed by atoms with Crippen LogP contribution >= 0.6 is 0 Å². The molecule has 0 aliphatic rings. The Balaban J connectivity index is 3.39. The lowest BCUT2D eigenvalue weighted by atomic mass is 10.3. The molecular weight excluding hydrogens is 230 g/mol. The number of imidazole rings is 1. The predicted molar refractivity (Wildman–Crippen MR) is 59.6 cm³/mol. The van der Waals surface area contributed by atoms with Crippen LogP contribution in [0.3, 0.4) is 0 Å². The zero-order valence-corrected chi connectivity index (χ0v) is 10.4. The number of carbonyl (C=O) groups is 1. The highest BCUT2D eigenvalue weighted by molar-refractivity contribution is 7.87. The van der Waals surface area contributed by atoms with Gasteiger partial charge in [-0.15, -0.1) is 0 Å². The van der Waals surface area contributed by atoms with Crippen molar-refractivity contribution in [1.29, 1.82) is 0 Å². The van der Waals surface area contributed by atoms with Crippen molar-refractivity contribution in [2.45, 2.75) is 19.8 Å². The van der Waals surface area contributed by atoms with E-state index in [-0.39, 0.29) is 5.69 Å². The second-order valence-electron chi connectivity index (χ2n) is 3.52. The molecule has 0 amide bonds. The van der Waals surface area contributed by atoms with Gasteiger partial charge in [-0.1, -0.05) is 6.92 Å². The summed E-state index contributed by atoms with van der Waals surface area (Å²) in [5, 5.41) is 0. The highest BCUT2D eigenvalue weighted by Gasteiger charge is 2.23. The van der Waals surface area contributed by atoms with Crippen LogP contribution in [0.15, 0.2) is 6.20 Å². The molecule has 7 heteroatoms. The standard InChI is InChI=1S/C9H15N3O3S/c1-4-5-9-10-6-8(7-13)12(9)16(14,15)11(2)3/h6-7H,4-5H2,1-3H3. The zero-order valence-electron chi connectivity index (χ0n) is 9.54. The minimum Gasteiger partial charge on any atom is -0.296 e. The molecule has 0 fully saturated rings. The Labute approximate surface area is 95.1 Å². The lowest BCUT2D eigenvalue weighted by molar-refractivity contribution is 0.111. The monoisotopic (exact) mass is 245 g/mol. The van der Waals surface area contributed by atoms with Gasteiger partial charge in [0.2, 0.25) is 0 Å². The fourth-order valence-corrected chi connectivity index (χ4v) is 2.38. The molecule has 6 nitrogen and oxygen atoms in total. The topological polar surface area (TPSA) is 72.3 Å². The number of hydrogen-bond acceptors (Lipinski definition) is 4. The molecule has 0 spiro atoms. The first-order chi connectivity index (χ1) is 7.45. The summed E-state index contributed by atoms with van der Waals surface area (Å²) < 4.78 is 26.0. The second-order valence-corrected chi connectivity index (χ2v) is 5.51. The molecule has 0 radical (unpaired) electrons. The maximum Gasteiger partial charge on any atom is 0.309 e. The summed E-state index contributed by atoms with van der Waals surface area (Å²) in [6.45, 7) is 1.92. The van der Waals surface area contributed by atoms with Gasteiger partial charge >= 0.3 is 10.2 Å². The fourth-order valence-electron chi connectivity index (χ4n) is 1.29. The molecular formula is C9H15N3O3S. The number of aldehydes is 1. The molecule has 1 aromatic heterocycles. The lowest BCUT2D eigenvalue weighted by Crippen LogP contribution is -2.31. The van der Waals surface area contributed by atoms with Gasteiger partial charge in [-0.3, -0.25) is 4.79 Å². The first-order valence-electron chi connectivity index (χ1n) is 4.90. The summed E-state index contributed by atoms with van der Waals surface area (Å²) in [4.78, 5) is 14.7. The average molecular weight is 245 g/mol. The molecule has 0 bridgehead atoms. The molecule has 0 saturated heterocycles. The molecule has 0 aliphatic heterocycles. The number of hydrogen-bond donors (Lipinski definition) is 0. The van der Waals surface area contributed by atoms with Gasteiger partial charge in [-0.2, -0.15) is 12.7 Å². The molecule has 0 aromatic carbocycles. The van der Waals surface area contributed by atoms with E-state index < -0.39 is 10.2 Å². The highest BCUT2D eigenvalue weighted by Crippen LogP contribution is 2.12. The summed E-state index contributed by atoms with van der Waals surface area (Å²) in [6, 6.07) is 0. The summed E-state index contributed by atoms with van der Waals surface area (Å²) >= 11 is 0. The molecule has 0 N–H and O–H groups in total. The van der Waals surface area contributed by atoms with Gasteiger partial charge in [-0.25, -0.2) is 8.96 Å². The van der Waals surface area contributed by atoms with E-state index in [9.17, 15) is 13.2 Å². The van der Waals surface area contributed by atoms with Crippen molar-refractivity contribution in [3.05, 3.63) is 17.7 Å². The Morgan fingerprint density at radius 1 is 1.50 bits per heavy atom. The van der Waals surface area contributed by atoms with Crippen LogP contribution in [-0.4, -0.2) is 42.1 Å². The third-order valence-corrected chi connectivity index (χ3v) is 3.91.